The van der Waals surface area contributed by atoms with Gasteiger partial charge >= 0.3 is 0 Å². The van der Waals surface area contributed by atoms with Crippen molar-refractivity contribution in [1.82, 2.24) is 9.97 Å². The first-order valence-electron chi connectivity index (χ1n) is 6.55. The molecule has 0 aliphatic heterocycles. The van der Waals surface area contributed by atoms with E-state index in [1.807, 2.05) is 12.1 Å². The lowest BCUT2D eigenvalue weighted by molar-refractivity contribution is -0.114. The molecule has 4 nitrogen and oxygen atoms in total. The van der Waals surface area contributed by atoms with Gasteiger partial charge in [-0.25, -0.2) is 14.4 Å². The average molecular weight is 271 g/mol. The van der Waals surface area contributed by atoms with E-state index in [0.717, 1.165) is 48.5 Å². The molecule has 0 atom stereocenters. The van der Waals surface area contributed by atoms with Gasteiger partial charge in [0.15, 0.2) is 11.6 Å². The second-order valence-corrected chi connectivity index (χ2v) is 4.89. The Morgan fingerprint density at radius 3 is 2.70 bits per heavy atom. The molecule has 3 rings (SSSR count). The van der Waals surface area contributed by atoms with Gasteiger partial charge in [-0.3, -0.25) is 4.79 Å². The molecule has 102 valence electrons. The highest BCUT2D eigenvalue weighted by atomic mass is 19.1. The van der Waals surface area contributed by atoms with Gasteiger partial charge in [-0.2, -0.15) is 0 Å². The van der Waals surface area contributed by atoms with Gasteiger partial charge in [0, 0.05) is 12.5 Å². The number of carbonyl (C=O) groups excluding carboxylic acids is 1. The van der Waals surface area contributed by atoms with Crippen molar-refractivity contribution in [1.29, 1.82) is 0 Å². The molecule has 0 unspecified atom stereocenters. The average Bonchev–Trinajstić information content (AvgIpc) is 2.88. The molecular formula is C15H14FN3O. The Bertz CT molecular complexity index is 668. The van der Waals surface area contributed by atoms with Gasteiger partial charge in [-0.1, -0.05) is 6.07 Å². The van der Waals surface area contributed by atoms with Crippen LogP contribution in [-0.2, 0) is 17.6 Å². The van der Waals surface area contributed by atoms with E-state index in [-0.39, 0.29) is 5.91 Å². The molecule has 1 aliphatic rings. The van der Waals surface area contributed by atoms with Crippen molar-refractivity contribution < 1.29 is 9.18 Å². The number of carbonyl (C=O) groups is 1. The summed E-state index contributed by atoms with van der Waals surface area (Å²) in [5, 5.41) is 2.87. The van der Waals surface area contributed by atoms with Crippen molar-refractivity contribution in [2.75, 3.05) is 5.32 Å². The van der Waals surface area contributed by atoms with E-state index in [1.165, 1.54) is 12.5 Å². The Morgan fingerprint density at radius 1 is 1.25 bits per heavy atom. The third-order valence-electron chi connectivity index (χ3n) is 3.45. The second-order valence-electron chi connectivity index (χ2n) is 4.89. The van der Waals surface area contributed by atoms with Crippen molar-refractivity contribution >= 4 is 11.6 Å². The summed E-state index contributed by atoms with van der Waals surface area (Å²) in [5.74, 6) is -0.186. The third kappa shape index (κ3) is 2.27. The predicted molar refractivity (Wildman–Crippen MR) is 73.8 cm³/mol. The molecule has 20 heavy (non-hydrogen) atoms. The first-order valence-corrected chi connectivity index (χ1v) is 6.55. The number of anilines is 1. The van der Waals surface area contributed by atoms with Crippen LogP contribution < -0.4 is 5.32 Å². The maximum absolute atomic E-state index is 12.9. The second kappa shape index (κ2) is 5.00. The molecule has 1 aromatic heterocycles. The van der Waals surface area contributed by atoms with Crippen LogP contribution in [0.4, 0.5) is 10.1 Å². The minimum Gasteiger partial charge on any atom is -0.325 e. The van der Waals surface area contributed by atoms with Crippen LogP contribution in [-0.4, -0.2) is 15.9 Å². The minimum atomic E-state index is -0.476. The fourth-order valence-electron chi connectivity index (χ4n) is 2.62. The fraction of sp³-hybridized carbons (Fsp3) is 0.267. The van der Waals surface area contributed by atoms with E-state index < -0.39 is 5.82 Å². The van der Waals surface area contributed by atoms with Crippen LogP contribution >= 0.6 is 0 Å². The molecule has 1 aliphatic carbocycles. The Hall–Kier alpha value is -2.30. The highest BCUT2D eigenvalue weighted by Crippen LogP contribution is 2.36. The summed E-state index contributed by atoms with van der Waals surface area (Å²) < 4.78 is 12.9. The maximum atomic E-state index is 12.9. The fourth-order valence-corrected chi connectivity index (χ4v) is 2.62. The molecule has 1 N–H and O–H groups in total. The predicted octanol–water partition coefficient (Wildman–Crippen LogP) is 2.73. The summed E-state index contributed by atoms with van der Waals surface area (Å²) in [7, 11) is 0. The highest BCUT2D eigenvalue weighted by molar-refractivity contribution is 5.95. The van der Waals surface area contributed by atoms with Crippen LogP contribution in [0.25, 0.3) is 11.4 Å². The number of fused-ring (bicyclic) bond motifs is 1. The molecule has 5 heteroatoms. The van der Waals surface area contributed by atoms with Crippen LogP contribution in [0.5, 0.6) is 0 Å². The van der Waals surface area contributed by atoms with Gasteiger partial charge in [-0.15, -0.1) is 0 Å². The first-order chi connectivity index (χ1) is 9.65. The largest absolute Gasteiger partial charge is 0.325 e. The number of nitrogens with one attached hydrogen (secondary N) is 1. The van der Waals surface area contributed by atoms with Crippen LogP contribution in [0.15, 0.2) is 24.5 Å². The third-order valence-corrected chi connectivity index (χ3v) is 3.45. The Labute approximate surface area is 116 Å². The van der Waals surface area contributed by atoms with E-state index in [4.69, 9.17) is 0 Å². The molecular weight excluding hydrogens is 257 g/mol. The topological polar surface area (TPSA) is 54.9 Å². The zero-order valence-corrected chi connectivity index (χ0v) is 11.1. The van der Waals surface area contributed by atoms with Crippen molar-refractivity contribution in [3.8, 4) is 11.4 Å². The van der Waals surface area contributed by atoms with Gasteiger partial charge < -0.3 is 5.32 Å². The van der Waals surface area contributed by atoms with Crippen LogP contribution in [0.1, 0.15) is 24.5 Å². The van der Waals surface area contributed by atoms with Crippen molar-refractivity contribution in [3.63, 3.8) is 0 Å². The minimum absolute atomic E-state index is 0.131. The van der Waals surface area contributed by atoms with Gasteiger partial charge in [0.05, 0.1) is 18.1 Å². The number of halogens is 1. The van der Waals surface area contributed by atoms with Crippen LogP contribution in [0.3, 0.4) is 0 Å². The van der Waals surface area contributed by atoms with E-state index in [1.54, 1.807) is 0 Å². The zero-order valence-electron chi connectivity index (χ0n) is 11.1. The van der Waals surface area contributed by atoms with Crippen LogP contribution in [0, 0.1) is 5.82 Å². The summed E-state index contributed by atoms with van der Waals surface area (Å²) in [6, 6.07) is 3.93. The Kier molecular flexibility index (Phi) is 3.18. The number of aryl methyl sites for hydroxylation is 1. The molecule has 0 spiro atoms. The summed E-state index contributed by atoms with van der Waals surface area (Å²) in [6.07, 6.45) is 5.29. The van der Waals surface area contributed by atoms with Crippen molar-refractivity contribution in [3.05, 3.63) is 41.5 Å². The Balaban J connectivity index is 2.14. The Morgan fingerprint density at radius 2 is 2.00 bits per heavy atom. The number of hydrogen-bond donors (Lipinski definition) is 1. The van der Waals surface area contributed by atoms with Gasteiger partial charge in [0.2, 0.25) is 5.91 Å². The van der Waals surface area contributed by atoms with Crippen LogP contribution in [0.2, 0.25) is 0 Å². The zero-order chi connectivity index (χ0) is 14.1. The summed E-state index contributed by atoms with van der Waals surface area (Å²) in [5.41, 5.74) is 3.89. The molecule has 0 saturated heterocycles. The molecule has 2 aromatic rings. The normalized spacial score (nSPS) is 13.1. The lowest BCUT2D eigenvalue weighted by Gasteiger charge is -2.14. The van der Waals surface area contributed by atoms with Gasteiger partial charge in [-0.05, 0) is 36.5 Å². The number of nitrogens with zero attached hydrogens (tertiary/aromatic N) is 2. The van der Waals surface area contributed by atoms with Gasteiger partial charge in [0.25, 0.3) is 0 Å². The lowest BCUT2D eigenvalue weighted by Crippen LogP contribution is -2.10. The number of hydrogen-bond acceptors (Lipinski definition) is 3. The molecule has 0 fully saturated rings. The number of benzene rings is 1. The maximum Gasteiger partial charge on any atom is 0.221 e. The van der Waals surface area contributed by atoms with E-state index >= 15 is 0 Å². The monoisotopic (exact) mass is 271 g/mol. The molecule has 0 saturated carbocycles. The smallest absolute Gasteiger partial charge is 0.221 e. The van der Waals surface area contributed by atoms with Crippen molar-refractivity contribution in [2.24, 2.45) is 0 Å². The summed E-state index contributed by atoms with van der Waals surface area (Å²) in [4.78, 5) is 19.4. The molecule has 0 radical (unpaired) electrons. The molecule has 1 amide bonds. The number of aromatic nitrogens is 2. The van der Waals surface area contributed by atoms with E-state index in [0.29, 0.717) is 5.82 Å². The number of amides is 1. The summed E-state index contributed by atoms with van der Waals surface area (Å²) in [6.45, 7) is 1.48. The van der Waals surface area contributed by atoms with E-state index in [2.05, 4.69) is 15.3 Å². The first kappa shape index (κ1) is 12.7. The highest BCUT2D eigenvalue weighted by Gasteiger charge is 2.20. The number of rotatable bonds is 2. The lowest BCUT2D eigenvalue weighted by atomic mass is 10.0. The quantitative estimate of drug-likeness (QED) is 0.913. The van der Waals surface area contributed by atoms with Crippen molar-refractivity contribution in [2.45, 2.75) is 26.2 Å². The standard InChI is InChI=1S/C15H14FN3O/c1-9(20)19-14-12-4-2-3-10(12)5-6-13(14)15-17-7-11(16)8-18-15/h5-8H,2-4H2,1H3,(H,19,20). The SMILES string of the molecule is CC(=O)Nc1c(-c2ncc(F)cn2)ccc2c1CCC2. The van der Waals surface area contributed by atoms with E-state index in [9.17, 15) is 9.18 Å². The molecule has 1 heterocycles. The van der Waals surface area contributed by atoms with Gasteiger partial charge in [0.1, 0.15) is 0 Å². The molecule has 1 aromatic carbocycles. The summed E-state index contributed by atoms with van der Waals surface area (Å²) >= 11 is 0. The molecule has 0 bridgehead atoms.